The molecule has 0 atom stereocenters. The van der Waals surface area contributed by atoms with Crippen molar-refractivity contribution < 1.29 is 4.42 Å². The van der Waals surface area contributed by atoms with Gasteiger partial charge in [-0.15, -0.1) is 0 Å². The third-order valence-corrected chi connectivity index (χ3v) is 10.3. The lowest BCUT2D eigenvalue weighted by atomic mass is 9.90. The van der Waals surface area contributed by atoms with Gasteiger partial charge in [-0.25, -0.2) is 0 Å². The van der Waals surface area contributed by atoms with Crippen LogP contribution in [0.4, 0.5) is 17.1 Å². The minimum absolute atomic E-state index is 0.879. The molecule has 0 saturated carbocycles. The highest BCUT2D eigenvalue weighted by atomic mass is 16.3. The maximum Gasteiger partial charge on any atom is 0.135 e. The van der Waals surface area contributed by atoms with E-state index >= 15 is 0 Å². The average molecular weight is 664 g/mol. The first-order chi connectivity index (χ1) is 25.8. The molecule has 0 N–H and O–H groups in total. The van der Waals surface area contributed by atoms with Gasteiger partial charge in [0.2, 0.25) is 0 Å². The predicted molar refractivity (Wildman–Crippen MR) is 220 cm³/mol. The van der Waals surface area contributed by atoms with Gasteiger partial charge in [-0.05, 0) is 80.4 Å². The van der Waals surface area contributed by atoms with Gasteiger partial charge in [-0.1, -0.05) is 164 Å². The van der Waals surface area contributed by atoms with Crippen LogP contribution in [0.25, 0.3) is 76.9 Å². The highest BCUT2D eigenvalue weighted by Crippen LogP contribution is 2.50. The molecule has 244 valence electrons. The summed E-state index contributed by atoms with van der Waals surface area (Å²) in [6, 6.07) is 71.8. The third kappa shape index (κ3) is 4.96. The lowest BCUT2D eigenvalue weighted by molar-refractivity contribution is 0.669. The van der Waals surface area contributed by atoms with E-state index in [1.165, 1.54) is 54.9 Å². The van der Waals surface area contributed by atoms with Crippen molar-refractivity contribution in [2.45, 2.75) is 0 Å². The van der Waals surface area contributed by atoms with E-state index < -0.39 is 0 Å². The van der Waals surface area contributed by atoms with Gasteiger partial charge in [0.1, 0.15) is 11.2 Å². The number of rotatable bonds is 6. The Hall–Kier alpha value is -6.90. The molecule has 0 aliphatic rings. The standard InChI is InChI=1S/C50H33NO/c1-3-15-34(16-4-1)39-19-7-8-20-40(39)35-27-29-37(30-28-35)51(38-31-32-48-46(33-38)43-23-13-14-26-47(43)52-48)50-45-25-12-10-22-42(45)41-21-9-11-24-44(41)49(50)36-17-5-2-6-18-36/h1-33H. The molecule has 10 rings (SSSR count). The highest BCUT2D eigenvalue weighted by Gasteiger charge is 2.24. The molecule has 0 amide bonds. The quantitative estimate of drug-likeness (QED) is 0.165. The summed E-state index contributed by atoms with van der Waals surface area (Å²) in [6.07, 6.45) is 0. The van der Waals surface area contributed by atoms with Crippen LogP contribution in [0.15, 0.2) is 205 Å². The number of furan rings is 1. The molecule has 2 nitrogen and oxygen atoms in total. The minimum atomic E-state index is 0.879. The second-order valence-electron chi connectivity index (χ2n) is 13.3. The number of hydrogen-bond acceptors (Lipinski definition) is 2. The molecule has 52 heavy (non-hydrogen) atoms. The summed E-state index contributed by atoms with van der Waals surface area (Å²) in [5.74, 6) is 0. The summed E-state index contributed by atoms with van der Waals surface area (Å²) in [7, 11) is 0. The molecule has 1 heterocycles. The highest BCUT2D eigenvalue weighted by molar-refractivity contribution is 6.22. The summed E-state index contributed by atoms with van der Waals surface area (Å²) in [5.41, 5.74) is 12.2. The molecule has 0 aliphatic carbocycles. The molecule has 1 aromatic heterocycles. The van der Waals surface area contributed by atoms with Crippen LogP contribution in [-0.2, 0) is 0 Å². The van der Waals surface area contributed by atoms with Crippen LogP contribution in [0.1, 0.15) is 0 Å². The van der Waals surface area contributed by atoms with E-state index in [4.69, 9.17) is 4.42 Å². The zero-order valence-corrected chi connectivity index (χ0v) is 28.4. The Balaban J connectivity index is 1.26. The lowest BCUT2D eigenvalue weighted by Gasteiger charge is -2.31. The second-order valence-corrected chi connectivity index (χ2v) is 13.3. The van der Waals surface area contributed by atoms with Crippen LogP contribution < -0.4 is 4.90 Å². The molecular weight excluding hydrogens is 631 g/mol. The van der Waals surface area contributed by atoms with E-state index in [1.54, 1.807) is 0 Å². The fraction of sp³-hybridized carbons (Fsp3) is 0. The van der Waals surface area contributed by atoms with E-state index in [9.17, 15) is 0 Å². The van der Waals surface area contributed by atoms with Gasteiger partial charge < -0.3 is 9.32 Å². The molecule has 0 aliphatic heterocycles. The van der Waals surface area contributed by atoms with Crippen molar-refractivity contribution in [3.8, 4) is 33.4 Å². The zero-order valence-electron chi connectivity index (χ0n) is 28.4. The predicted octanol–water partition coefficient (Wildman–Crippen LogP) is 14.4. The van der Waals surface area contributed by atoms with E-state index in [2.05, 4.69) is 193 Å². The fourth-order valence-corrected chi connectivity index (χ4v) is 7.91. The molecule has 10 aromatic rings. The summed E-state index contributed by atoms with van der Waals surface area (Å²) >= 11 is 0. The Labute approximate surface area is 302 Å². The summed E-state index contributed by atoms with van der Waals surface area (Å²) in [6.45, 7) is 0. The van der Waals surface area contributed by atoms with Crippen LogP contribution in [0.3, 0.4) is 0 Å². The van der Waals surface area contributed by atoms with Gasteiger partial charge >= 0.3 is 0 Å². The first-order valence-electron chi connectivity index (χ1n) is 17.8. The number of fused-ring (bicyclic) bond motifs is 6. The van der Waals surface area contributed by atoms with Crippen LogP contribution in [-0.4, -0.2) is 0 Å². The molecule has 0 spiro atoms. The SMILES string of the molecule is c1ccc(-c2ccccc2-c2ccc(N(c3ccc4oc5ccccc5c4c3)c3c(-c4ccccc4)c4ccccc4c4ccccc34)cc2)cc1. The molecule has 0 radical (unpaired) electrons. The van der Waals surface area contributed by atoms with E-state index in [0.29, 0.717) is 0 Å². The van der Waals surface area contributed by atoms with E-state index in [0.717, 1.165) is 39.0 Å². The maximum atomic E-state index is 6.31. The van der Waals surface area contributed by atoms with Gasteiger partial charge in [0.05, 0.1) is 5.69 Å². The van der Waals surface area contributed by atoms with Crippen molar-refractivity contribution in [1.29, 1.82) is 0 Å². The number of anilines is 3. The number of benzene rings is 9. The van der Waals surface area contributed by atoms with Crippen molar-refractivity contribution in [3.05, 3.63) is 200 Å². The number of nitrogens with zero attached hydrogens (tertiary/aromatic N) is 1. The van der Waals surface area contributed by atoms with Crippen LogP contribution in [0, 0.1) is 0 Å². The normalized spacial score (nSPS) is 11.5. The molecule has 9 aromatic carbocycles. The molecule has 2 heteroatoms. The molecule has 0 bridgehead atoms. The van der Waals surface area contributed by atoms with Crippen molar-refractivity contribution in [3.63, 3.8) is 0 Å². The van der Waals surface area contributed by atoms with Crippen molar-refractivity contribution in [2.75, 3.05) is 4.90 Å². The summed E-state index contributed by atoms with van der Waals surface area (Å²) < 4.78 is 6.31. The van der Waals surface area contributed by atoms with E-state index in [1.807, 2.05) is 12.1 Å². The summed E-state index contributed by atoms with van der Waals surface area (Å²) in [5, 5.41) is 7.08. The third-order valence-electron chi connectivity index (χ3n) is 10.3. The largest absolute Gasteiger partial charge is 0.456 e. The van der Waals surface area contributed by atoms with Crippen molar-refractivity contribution >= 4 is 60.5 Å². The average Bonchev–Trinajstić information content (AvgIpc) is 3.60. The Morgan fingerprint density at radius 3 is 1.48 bits per heavy atom. The van der Waals surface area contributed by atoms with Crippen LogP contribution in [0.2, 0.25) is 0 Å². The van der Waals surface area contributed by atoms with Gasteiger partial charge in [-0.3, -0.25) is 0 Å². The zero-order chi connectivity index (χ0) is 34.4. The fourth-order valence-electron chi connectivity index (χ4n) is 7.91. The summed E-state index contributed by atoms with van der Waals surface area (Å²) in [4.78, 5) is 2.45. The molecule has 0 saturated heterocycles. The number of para-hydroxylation sites is 1. The topological polar surface area (TPSA) is 16.4 Å². The van der Waals surface area contributed by atoms with Crippen molar-refractivity contribution in [2.24, 2.45) is 0 Å². The lowest BCUT2D eigenvalue weighted by Crippen LogP contribution is -2.12. The Kier molecular flexibility index (Phi) is 7.18. The molecule has 0 unspecified atom stereocenters. The monoisotopic (exact) mass is 663 g/mol. The van der Waals surface area contributed by atoms with Crippen molar-refractivity contribution in [1.82, 2.24) is 0 Å². The van der Waals surface area contributed by atoms with Gasteiger partial charge in [0, 0.05) is 33.1 Å². The number of hydrogen-bond donors (Lipinski definition) is 0. The maximum absolute atomic E-state index is 6.31. The Bertz CT molecular complexity index is 2890. The van der Waals surface area contributed by atoms with Crippen LogP contribution in [0.5, 0.6) is 0 Å². The van der Waals surface area contributed by atoms with Gasteiger partial charge in [0.25, 0.3) is 0 Å². The smallest absolute Gasteiger partial charge is 0.135 e. The first kappa shape index (κ1) is 30.0. The van der Waals surface area contributed by atoms with E-state index in [-0.39, 0.29) is 0 Å². The van der Waals surface area contributed by atoms with Gasteiger partial charge in [-0.2, -0.15) is 0 Å². The van der Waals surface area contributed by atoms with Crippen LogP contribution >= 0.6 is 0 Å². The van der Waals surface area contributed by atoms with Gasteiger partial charge in [0.15, 0.2) is 0 Å². The second kappa shape index (κ2) is 12.5. The molecular formula is C50H33NO. The Morgan fingerprint density at radius 2 is 0.788 bits per heavy atom. The first-order valence-corrected chi connectivity index (χ1v) is 17.8. The molecule has 0 fully saturated rings. The minimum Gasteiger partial charge on any atom is -0.456 e. The Morgan fingerprint density at radius 1 is 0.308 bits per heavy atom.